The summed E-state index contributed by atoms with van der Waals surface area (Å²) in [4.78, 5) is 48.3. The Labute approximate surface area is 325 Å². The van der Waals surface area contributed by atoms with E-state index in [9.17, 15) is 19.2 Å². The topological polar surface area (TPSA) is 142 Å². The third-order valence-corrected chi connectivity index (χ3v) is 8.37. The zero-order valence-corrected chi connectivity index (χ0v) is 30.9. The highest BCUT2D eigenvalue weighted by Gasteiger charge is 2.34. The van der Waals surface area contributed by atoms with E-state index in [1.165, 1.54) is 0 Å². The third kappa shape index (κ3) is 12.7. The van der Waals surface area contributed by atoms with E-state index < -0.39 is 36.5 Å². The summed E-state index contributed by atoms with van der Waals surface area (Å²) in [5.74, 6) is -0.775. The first kappa shape index (κ1) is 40.9. The standard InChI is InChI=1S/C44H44O12/c1-3-39(45)51-27-7-5-25-49-37-21-17-33(18-22-37)31-9-13-35(14-10-31)41(47)55-43-44(54-30-29-53-43)56-42(48)36-15-11-32(12-16-36)34-19-23-38(24-20-34)50-26-6-8-28-52-40(46)4-2/h3-4,9-24,43-44H,1-2,5-8,25-30H2/t43-,44-/m1/s1. The number of hydrogen-bond donors (Lipinski definition) is 0. The van der Waals surface area contributed by atoms with Crippen molar-refractivity contribution in [3.8, 4) is 33.8 Å². The Morgan fingerprint density at radius 2 is 0.821 bits per heavy atom. The lowest BCUT2D eigenvalue weighted by Gasteiger charge is -2.30. The number of carbonyl (C=O) groups excluding carboxylic acids is 4. The van der Waals surface area contributed by atoms with Crippen LogP contribution < -0.4 is 9.47 Å². The van der Waals surface area contributed by atoms with Crippen LogP contribution in [0.3, 0.4) is 0 Å². The molecule has 292 valence electrons. The molecule has 0 aromatic heterocycles. The van der Waals surface area contributed by atoms with Gasteiger partial charge in [-0.3, -0.25) is 0 Å². The lowest BCUT2D eigenvalue weighted by Crippen LogP contribution is -2.44. The average Bonchev–Trinajstić information content (AvgIpc) is 3.24. The Morgan fingerprint density at radius 1 is 0.500 bits per heavy atom. The van der Waals surface area contributed by atoms with E-state index in [4.69, 9.17) is 37.9 Å². The van der Waals surface area contributed by atoms with E-state index in [1.807, 2.05) is 48.5 Å². The van der Waals surface area contributed by atoms with Crippen LogP contribution in [-0.2, 0) is 38.0 Å². The van der Waals surface area contributed by atoms with Gasteiger partial charge in [-0.05, 0) is 96.5 Å². The number of benzene rings is 4. The molecular formula is C44H44O12. The summed E-state index contributed by atoms with van der Waals surface area (Å²) in [5.41, 5.74) is 4.18. The van der Waals surface area contributed by atoms with Crippen LogP contribution in [0.15, 0.2) is 122 Å². The summed E-state index contributed by atoms with van der Waals surface area (Å²) >= 11 is 0. The van der Waals surface area contributed by atoms with E-state index in [0.717, 1.165) is 47.2 Å². The van der Waals surface area contributed by atoms with Crippen LogP contribution in [0.1, 0.15) is 46.4 Å². The summed E-state index contributed by atoms with van der Waals surface area (Å²) in [7, 11) is 0. The molecule has 0 aliphatic carbocycles. The minimum absolute atomic E-state index is 0.154. The minimum atomic E-state index is -1.26. The Kier molecular flexibility index (Phi) is 15.8. The number of esters is 4. The second-order valence-corrected chi connectivity index (χ2v) is 12.3. The number of carbonyl (C=O) groups is 4. The van der Waals surface area contributed by atoms with E-state index in [1.54, 1.807) is 48.5 Å². The lowest BCUT2D eigenvalue weighted by atomic mass is 10.0. The minimum Gasteiger partial charge on any atom is -0.494 e. The Bertz CT molecular complexity index is 1760. The van der Waals surface area contributed by atoms with Gasteiger partial charge in [-0.15, -0.1) is 0 Å². The van der Waals surface area contributed by atoms with Crippen LogP contribution in [0.2, 0.25) is 0 Å². The summed E-state index contributed by atoms with van der Waals surface area (Å²) in [6, 6.07) is 28.9. The van der Waals surface area contributed by atoms with Gasteiger partial charge >= 0.3 is 23.9 Å². The van der Waals surface area contributed by atoms with Crippen LogP contribution in [0, 0.1) is 0 Å². The average molecular weight is 765 g/mol. The monoisotopic (exact) mass is 764 g/mol. The van der Waals surface area contributed by atoms with Crippen molar-refractivity contribution in [2.75, 3.05) is 39.6 Å². The predicted octanol–water partition coefficient (Wildman–Crippen LogP) is 7.51. The molecule has 1 aliphatic rings. The molecule has 4 aromatic rings. The van der Waals surface area contributed by atoms with E-state index >= 15 is 0 Å². The van der Waals surface area contributed by atoms with E-state index in [-0.39, 0.29) is 24.3 Å². The fourth-order valence-corrected chi connectivity index (χ4v) is 5.35. The summed E-state index contributed by atoms with van der Waals surface area (Å²) in [6.07, 6.45) is 2.59. The second kappa shape index (κ2) is 21.6. The summed E-state index contributed by atoms with van der Waals surface area (Å²) in [5, 5.41) is 0. The van der Waals surface area contributed by atoms with Crippen molar-refractivity contribution in [3.63, 3.8) is 0 Å². The molecule has 1 heterocycles. The van der Waals surface area contributed by atoms with Crippen LogP contribution >= 0.6 is 0 Å². The van der Waals surface area contributed by atoms with Gasteiger partial charge in [0.15, 0.2) is 0 Å². The quantitative estimate of drug-likeness (QED) is 0.0381. The molecule has 0 radical (unpaired) electrons. The normalized spacial score (nSPS) is 14.8. The highest BCUT2D eigenvalue weighted by molar-refractivity contribution is 5.91. The molecule has 4 aromatic carbocycles. The molecule has 0 unspecified atom stereocenters. The zero-order valence-electron chi connectivity index (χ0n) is 30.9. The largest absolute Gasteiger partial charge is 0.494 e. The summed E-state index contributed by atoms with van der Waals surface area (Å²) in [6.45, 7) is 8.65. The molecule has 5 rings (SSSR count). The Morgan fingerprint density at radius 3 is 1.16 bits per heavy atom. The molecule has 0 saturated carbocycles. The lowest BCUT2D eigenvalue weighted by molar-refractivity contribution is -0.288. The SMILES string of the molecule is C=CC(=O)OCCCCOc1ccc(-c2ccc(C(=O)O[C@H]3OCCO[C@@H]3OC(=O)c3ccc(-c4ccc(OCCCCOC(=O)C=C)cc4)cc3)cc2)cc1. The highest BCUT2D eigenvalue weighted by atomic mass is 16.8. The number of unbranched alkanes of at least 4 members (excludes halogenated alkanes) is 2. The number of ether oxygens (including phenoxy) is 8. The number of hydrogen-bond acceptors (Lipinski definition) is 12. The van der Waals surface area contributed by atoms with Gasteiger partial charge in [0.1, 0.15) is 11.5 Å². The first-order valence-electron chi connectivity index (χ1n) is 18.2. The molecular weight excluding hydrogens is 720 g/mol. The van der Waals surface area contributed by atoms with Crippen molar-refractivity contribution in [2.24, 2.45) is 0 Å². The third-order valence-electron chi connectivity index (χ3n) is 8.37. The van der Waals surface area contributed by atoms with E-state index in [2.05, 4.69) is 13.2 Å². The van der Waals surface area contributed by atoms with Crippen molar-refractivity contribution < 1.29 is 57.1 Å². The van der Waals surface area contributed by atoms with Gasteiger partial charge in [-0.2, -0.15) is 0 Å². The van der Waals surface area contributed by atoms with Crippen molar-refractivity contribution in [1.82, 2.24) is 0 Å². The first-order valence-corrected chi connectivity index (χ1v) is 18.2. The molecule has 0 N–H and O–H groups in total. The van der Waals surface area contributed by atoms with Crippen LogP contribution in [-0.4, -0.2) is 76.1 Å². The van der Waals surface area contributed by atoms with Crippen molar-refractivity contribution in [3.05, 3.63) is 133 Å². The van der Waals surface area contributed by atoms with Crippen LogP contribution in [0.5, 0.6) is 11.5 Å². The Hall–Kier alpha value is -6.24. The molecule has 1 fully saturated rings. The smallest absolute Gasteiger partial charge is 0.340 e. The van der Waals surface area contributed by atoms with Crippen molar-refractivity contribution in [2.45, 2.75) is 38.3 Å². The van der Waals surface area contributed by atoms with Gasteiger partial charge in [0.25, 0.3) is 12.6 Å². The molecule has 0 spiro atoms. The molecule has 0 bridgehead atoms. The maximum Gasteiger partial charge on any atom is 0.340 e. The van der Waals surface area contributed by atoms with Gasteiger partial charge in [0.05, 0.1) is 50.8 Å². The first-order chi connectivity index (χ1) is 27.3. The molecule has 1 aliphatic heterocycles. The van der Waals surface area contributed by atoms with E-state index in [0.29, 0.717) is 50.8 Å². The number of rotatable bonds is 20. The van der Waals surface area contributed by atoms with Gasteiger partial charge in [0.2, 0.25) is 0 Å². The maximum absolute atomic E-state index is 13.1. The second-order valence-electron chi connectivity index (χ2n) is 12.3. The van der Waals surface area contributed by atoms with Gasteiger partial charge in [-0.25, -0.2) is 19.2 Å². The zero-order chi connectivity index (χ0) is 39.5. The molecule has 1 saturated heterocycles. The predicted molar refractivity (Wildman–Crippen MR) is 206 cm³/mol. The molecule has 12 nitrogen and oxygen atoms in total. The molecule has 2 atom stereocenters. The Balaban J connectivity index is 1.06. The van der Waals surface area contributed by atoms with Crippen molar-refractivity contribution >= 4 is 23.9 Å². The van der Waals surface area contributed by atoms with Crippen LogP contribution in [0.4, 0.5) is 0 Å². The van der Waals surface area contributed by atoms with Gasteiger partial charge in [-0.1, -0.05) is 61.7 Å². The highest BCUT2D eigenvalue weighted by Crippen LogP contribution is 2.26. The maximum atomic E-state index is 13.1. The fraction of sp³-hybridized carbons (Fsp3) is 0.273. The van der Waals surface area contributed by atoms with Crippen molar-refractivity contribution in [1.29, 1.82) is 0 Å². The van der Waals surface area contributed by atoms with Gasteiger partial charge < -0.3 is 37.9 Å². The molecule has 12 heteroatoms. The fourth-order valence-electron chi connectivity index (χ4n) is 5.35. The van der Waals surface area contributed by atoms with Gasteiger partial charge in [0, 0.05) is 12.2 Å². The molecule has 56 heavy (non-hydrogen) atoms. The summed E-state index contributed by atoms with van der Waals surface area (Å²) < 4.78 is 43.8. The van der Waals surface area contributed by atoms with Crippen LogP contribution in [0.25, 0.3) is 22.3 Å². The molecule has 0 amide bonds.